The molecule has 2 atom stereocenters. The Morgan fingerprint density at radius 1 is 1.27 bits per heavy atom. The Balaban J connectivity index is 2.42. The first kappa shape index (κ1) is 9.96. The van der Waals surface area contributed by atoms with Crippen LogP contribution in [-0.4, -0.2) is 11.9 Å². The third-order valence-corrected chi connectivity index (χ3v) is 2.79. The summed E-state index contributed by atoms with van der Waals surface area (Å²) in [4.78, 5) is 11.6. The maximum absolute atomic E-state index is 13.0. The molecule has 1 heterocycles. The van der Waals surface area contributed by atoms with Gasteiger partial charge in [-0.05, 0) is 25.1 Å². The fourth-order valence-electron chi connectivity index (χ4n) is 1.59. The molecule has 1 aromatic carbocycles. The van der Waals surface area contributed by atoms with E-state index < -0.39 is 0 Å². The largest absolute Gasteiger partial charge is 0.380 e. The Kier molecular flexibility index (Phi) is 2.34. The van der Waals surface area contributed by atoms with E-state index in [0.29, 0.717) is 5.69 Å². The quantitative estimate of drug-likeness (QED) is 0.686. The normalized spacial score (nSPS) is 24.9. The van der Waals surface area contributed by atoms with E-state index in [4.69, 9.17) is 0 Å². The van der Waals surface area contributed by atoms with Crippen molar-refractivity contribution >= 4 is 17.3 Å². The highest BCUT2D eigenvalue weighted by Crippen LogP contribution is 2.28. The van der Waals surface area contributed by atoms with Crippen molar-refractivity contribution in [2.75, 3.05) is 10.6 Å². The first-order valence-electron chi connectivity index (χ1n) is 4.95. The predicted molar refractivity (Wildman–Crippen MR) is 57.3 cm³/mol. The van der Waals surface area contributed by atoms with Crippen LogP contribution in [0.2, 0.25) is 0 Å². The van der Waals surface area contributed by atoms with Crippen molar-refractivity contribution in [2.24, 2.45) is 5.92 Å². The molecule has 0 radical (unpaired) electrons. The molecule has 15 heavy (non-hydrogen) atoms. The van der Waals surface area contributed by atoms with Crippen LogP contribution in [0, 0.1) is 11.7 Å². The van der Waals surface area contributed by atoms with Crippen LogP contribution < -0.4 is 10.6 Å². The number of rotatable bonds is 0. The van der Waals surface area contributed by atoms with E-state index in [1.165, 1.54) is 12.1 Å². The number of carbonyl (C=O) groups excluding carboxylic acids is 1. The van der Waals surface area contributed by atoms with Gasteiger partial charge in [0.25, 0.3) is 0 Å². The lowest BCUT2D eigenvalue weighted by Crippen LogP contribution is -2.30. The van der Waals surface area contributed by atoms with Crippen LogP contribution in [0.5, 0.6) is 0 Å². The van der Waals surface area contributed by atoms with Gasteiger partial charge in [0.15, 0.2) is 0 Å². The molecule has 1 amide bonds. The second-order valence-electron chi connectivity index (χ2n) is 3.90. The fraction of sp³-hybridized carbons (Fsp3) is 0.364. The molecular formula is C11H13FN2O. The molecule has 1 aliphatic rings. The summed E-state index contributed by atoms with van der Waals surface area (Å²) < 4.78 is 13.0. The highest BCUT2D eigenvalue weighted by atomic mass is 19.1. The summed E-state index contributed by atoms with van der Waals surface area (Å²) in [6, 6.07) is 4.38. The Hall–Kier alpha value is -1.58. The summed E-state index contributed by atoms with van der Waals surface area (Å²) in [6.07, 6.45) is 0. The van der Waals surface area contributed by atoms with Gasteiger partial charge in [0, 0.05) is 6.04 Å². The highest BCUT2D eigenvalue weighted by Gasteiger charge is 2.25. The van der Waals surface area contributed by atoms with Crippen molar-refractivity contribution in [1.29, 1.82) is 0 Å². The lowest BCUT2D eigenvalue weighted by atomic mass is 10.0. The van der Waals surface area contributed by atoms with Crippen LogP contribution in [0.3, 0.4) is 0 Å². The zero-order valence-corrected chi connectivity index (χ0v) is 8.67. The van der Waals surface area contributed by atoms with Crippen LogP contribution in [0.25, 0.3) is 0 Å². The molecule has 1 aliphatic heterocycles. The number of nitrogens with one attached hydrogen (secondary N) is 2. The Labute approximate surface area is 87.7 Å². The molecule has 0 fully saturated rings. The standard InChI is InChI=1S/C11H13FN2O/c1-6-7(2)13-9-4-3-8(12)5-10(9)14-11(6)15/h3-7,13H,1-2H3,(H,14,15). The van der Waals surface area contributed by atoms with Crippen LogP contribution in [0.15, 0.2) is 18.2 Å². The second-order valence-corrected chi connectivity index (χ2v) is 3.90. The van der Waals surface area contributed by atoms with Gasteiger partial charge >= 0.3 is 0 Å². The summed E-state index contributed by atoms with van der Waals surface area (Å²) in [7, 11) is 0. The lowest BCUT2D eigenvalue weighted by molar-refractivity contribution is -0.119. The van der Waals surface area contributed by atoms with Crippen molar-refractivity contribution in [3.05, 3.63) is 24.0 Å². The van der Waals surface area contributed by atoms with Crippen LogP contribution in [0.1, 0.15) is 13.8 Å². The van der Waals surface area contributed by atoms with Gasteiger partial charge in [0.2, 0.25) is 5.91 Å². The van der Waals surface area contributed by atoms with E-state index >= 15 is 0 Å². The second kappa shape index (κ2) is 3.53. The molecule has 0 aliphatic carbocycles. The number of hydrogen-bond donors (Lipinski definition) is 2. The maximum Gasteiger partial charge on any atom is 0.229 e. The van der Waals surface area contributed by atoms with Crippen molar-refractivity contribution in [3.8, 4) is 0 Å². The minimum Gasteiger partial charge on any atom is -0.380 e. The molecule has 3 nitrogen and oxygen atoms in total. The Morgan fingerprint density at radius 2 is 2.00 bits per heavy atom. The van der Waals surface area contributed by atoms with Gasteiger partial charge in [0.05, 0.1) is 17.3 Å². The van der Waals surface area contributed by atoms with Gasteiger partial charge in [-0.2, -0.15) is 0 Å². The first-order chi connectivity index (χ1) is 7.08. The summed E-state index contributed by atoms with van der Waals surface area (Å²) in [5.41, 5.74) is 1.28. The minimum atomic E-state index is -0.349. The molecule has 0 spiro atoms. The zero-order chi connectivity index (χ0) is 11.0. The van der Waals surface area contributed by atoms with Crippen LogP contribution >= 0.6 is 0 Å². The molecule has 4 heteroatoms. The van der Waals surface area contributed by atoms with E-state index in [1.807, 2.05) is 13.8 Å². The number of carbonyl (C=O) groups is 1. The number of halogens is 1. The average Bonchev–Trinajstić information content (AvgIpc) is 2.29. The van der Waals surface area contributed by atoms with Gasteiger partial charge in [-0.25, -0.2) is 4.39 Å². The maximum atomic E-state index is 13.0. The highest BCUT2D eigenvalue weighted by molar-refractivity contribution is 5.97. The molecule has 0 saturated carbocycles. The van der Waals surface area contributed by atoms with E-state index in [1.54, 1.807) is 6.07 Å². The topological polar surface area (TPSA) is 41.1 Å². The SMILES string of the molecule is CC1Nc2ccc(F)cc2NC(=O)C1C. The van der Waals surface area contributed by atoms with Gasteiger partial charge < -0.3 is 10.6 Å². The molecule has 1 aromatic rings. The van der Waals surface area contributed by atoms with Gasteiger partial charge in [-0.1, -0.05) is 6.92 Å². The third kappa shape index (κ3) is 1.79. The number of hydrogen-bond acceptors (Lipinski definition) is 2. The fourth-order valence-corrected chi connectivity index (χ4v) is 1.59. The molecule has 0 bridgehead atoms. The van der Waals surface area contributed by atoms with Crippen molar-refractivity contribution in [3.63, 3.8) is 0 Å². The van der Waals surface area contributed by atoms with Crippen LogP contribution in [0.4, 0.5) is 15.8 Å². The van der Waals surface area contributed by atoms with Crippen molar-refractivity contribution < 1.29 is 9.18 Å². The first-order valence-corrected chi connectivity index (χ1v) is 4.95. The zero-order valence-electron chi connectivity index (χ0n) is 8.67. The Bertz CT molecular complexity index is 406. The monoisotopic (exact) mass is 208 g/mol. The lowest BCUT2D eigenvalue weighted by Gasteiger charge is -2.16. The van der Waals surface area contributed by atoms with E-state index in [9.17, 15) is 9.18 Å². The third-order valence-electron chi connectivity index (χ3n) is 2.79. The van der Waals surface area contributed by atoms with Gasteiger partial charge in [-0.15, -0.1) is 0 Å². The number of fused-ring (bicyclic) bond motifs is 1. The van der Waals surface area contributed by atoms with Crippen molar-refractivity contribution in [2.45, 2.75) is 19.9 Å². The molecule has 2 rings (SSSR count). The van der Waals surface area contributed by atoms with Crippen LogP contribution in [-0.2, 0) is 4.79 Å². The predicted octanol–water partition coefficient (Wildman–Crippen LogP) is 2.21. The van der Waals surface area contributed by atoms with Crippen molar-refractivity contribution in [1.82, 2.24) is 0 Å². The van der Waals surface area contributed by atoms with Gasteiger partial charge in [-0.3, -0.25) is 4.79 Å². The molecule has 80 valence electrons. The molecule has 0 aromatic heterocycles. The smallest absolute Gasteiger partial charge is 0.229 e. The number of anilines is 2. The molecule has 2 unspecified atom stereocenters. The molecule has 2 N–H and O–H groups in total. The Morgan fingerprint density at radius 3 is 2.73 bits per heavy atom. The summed E-state index contributed by atoms with van der Waals surface area (Å²) in [5, 5.41) is 5.88. The summed E-state index contributed by atoms with van der Waals surface area (Å²) in [5.74, 6) is -0.571. The molecular weight excluding hydrogens is 195 g/mol. The summed E-state index contributed by atoms with van der Waals surface area (Å²) >= 11 is 0. The van der Waals surface area contributed by atoms with E-state index in [2.05, 4.69) is 10.6 Å². The number of benzene rings is 1. The average molecular weight is 208 g/mol. The van der Waals surface area contributed by atoms with Gasteiger partial charge in [0.1, 0.15) is 5.82 Å². The molecule has 0 saturated heterocycles. The summed E-state index contributed by atoms with van der Waals surface area (Å²) in [6.45, 7) is 3.78. The number of amides is 1. The van der Waals surface area contributed by atoms with E-state index in [-0.39, 0.29) is 23.7 Å². The van der Waals surface area contributed by atoms with E-state index in [0.717, 1.165) is 5.69 Å². The minimum absolute atomic E-state index is 0.0386.